The normalized spacial score (nSPS) is 12.7. The van der Waals surface area contributed by atoms with Gasteiger partial charge in [-0.15, -0.1) is 0 Å². The van der Waals surface area contributed by atoms with Gasteiger partial charge in [-0.05, 0) is 34.6 Å². The first-order valence-corrected chi connectivity index (χ1v) is 4.55. The smallest absolute Gasteiger partial charge is 0.389 e. The van der Waals surface area contributed by atoms with Crippen LogP contribution in [-0.2, 0) is 0 Å². The number of benzene rings is 1. The molecule has 0 saturated heterocycles. The Bertz CT molecular complexity index is 496. The lowest BCUT2D eigenvalue weighted by Gasteiger charge is -2.02. The van der Waals surface area contributed by atoms with Crippen LogP contribution >= 0.6 is 0 Å². The predicted octanol–water partition coefficient (Wildman–Crippen LogP) is 0.298. The summed E-state index contributed by atoms with van der Waals surface area (Å²) < 4.78 is 6.00. The summed E-state index contributed by atoms with van der Waals surface area (Å²) in [6.45, 7) is 1.70. The standard InChI is InChI=1S/C10H10N2O3/c1-7(13)8-2-4-9(5-3-8)12-6-10(14)15-11-12/h2-7,13H,1H3/p+1/t7-/m1/s1. The topological polar surface area (TPSA) is 70.1 Å². The van der Waals surface area contributed by atoms with Crippen LogP contribution in [0.1, 0.15) is 18.6 Å². The maximum absolute atomic E-state index is 10.8. The van der Waals surface area contributed by atoms with Crippen molar-refractivity contribution >= 4 is 0 Å². The summed E-state index contributed by atoms with van der Waals surface area (Å²) in [5, 5.41) is 11.7. The van der Waals surface area contributed by atoms with Gasteiger partial charge in [0.1, 0.15) is 0 Å². The zero-order valence-electron chi connectivity index (χ0n) is 8.18. The minimum Gasteiger partial charge on any atom is -0.389 e. The van der Waals surface area contributed by atoms with E-state index in [1.807, 2.05) is 0 Å². The Labute approximate surface area is 85.5 Å². The van der Waals surface area contributed by atoms with Crippen molar-refractivity contribution in [1.29, 1.82) is 0 Å². The number of aromatic amines is 1. The second-order valence-electron chi connectivity index (χ2n) is 3.28. The van der Waals surface area contributed by atoms with Crippen molar-refractivity contribution in [2.24, 2.45) is 0 Å². The van der Waals surface area contributed by atoms with Crippen LogP contribution in [0.25, 0.3) is 5.69 Å². The van der Waals surface area contributed by atoms with Crippen LogP contribution in [0.5, 0.6) is 0 Å². The summed E-state index contributed by atoms with van der Waals surface area (Å²) in [6, 6.07) is 7.15. The van der Waals surface area contributed by atoms with Gasteiger partial charge < -0.3 is 5.11 Å². The molecule has 15 heavy (non-hydrogen) atoms. The number of hydrogen-bond donors (Lipinski definition) is 2. The molecule has 78 valence electrons. The van der Waals surface area contributed by atoms with Crippen molar-refractivity contribution in [2.75, 3.05) is 0 Å². The summed E-state index contributed by atoms with van der Waals surface area (Å²) in [4.78, 5) is 10.8. The van der Waals surface area contributed by atoms with Gasteiger partial charge in [-0.2, -0.15) is 0 Å². The van der Waals surface area contributed by atoms with E-state index in [0.717, 1.165) is 11.3 Å². The predicted molar refractivity (Wildman–Crippen MR) is 51.5 cm³/mol. The number of H-pyrrole nitrogens is 1. The van der Waals surface area contributed by atoms with Crippen LogP contribution in [0, 0.1) is 0 Å². The summed E-state index contributed by atoms with van der Waals surface area (Å²) in [5.41, 5.74) is 1.16. The zero-order valence-corrected chi connectivity index (χ0v) is 8.18. The van der Waals surface area contributed by atoms with Gasteiger partial charge in [0.15, 0.2) is 0 Å². The minimum absolute atomic E-state index is 0.436. The van der Waals surface area contributed by atoms with E-state index in [1.54, 1.807) is 31.2 Å². The molecule has 1 heterocycles. The largest absolute Gasteiger partial charge is 0.427 e. The van der Waals surface area contributed by atoms with Crippen molar-refractivity contribution in [3.63, 3.8) is 0 Å². The molecule has 0 aliphatic rings. The van der Waals surface area contributed by atoms with Gasteiger partial charge in [0.2, 0.25) is 5.69 Å². The molecule has 2 aromatic rings. The second-order valence-corrected chi connectivity index (χ2v) is 3.28. The SMILES string of the molecule is C[C@@H](O)c1ccc(-[n+]2cc(=O)o[nH]2)cc1. The Kier molecular flexibility index (Phi) is 2.39. The first kappa shape index (κ1) is 9.67. The van der Waals surface area contributed by atoms with Gasteiger partial charge in [0.25, 0.3) is 6.20 Å². The van der Waals surface area contributed by atoms with Gasteiger partial charge >= 0.3 is 5.63 Å². The van der Waals surface area contributed by atoms with Crippen LogP contribution in [-0.4, -0.2) is 10.4 Å². The molecule has 0 aliphatic heterocycles. The first-order chi connectivity index (χ1) is 7.16. The number of nitrogens with one attached hydrogen (secondary N) is 1. The third-order valence-corrected chi connectivity index (χ3v) is 2.13. The molecule has 0 unspecified atom stereocenters. The summed E-state index contributed by atoms with van der Waals surface area (Å²) in [7, 11) is 0. The van der Waals surface area contributed by atoms with Crippen LogP contribution < -0.4 is 10.3 Å². The van der Waals surface area contributed by atoms with E-state index in [9.17, 15) is 9.90 Å². The molecule has 2 rings (SSSR count). The zero-order chi connectivity index (χ0) is 10.8. The third kappa shape index (κ3) is 1.97. The number of aliphatic hydroxyl groups is 1. The maximum atomic E-state index is 10.8. The van der Waals surface area contributed by atoms with Crippen LogP contribution in [0.15, 0.2) is 39.8 Å². The van der Waals surface area contributed by atoms with Crippen molar-refractivity contribution in [2.45, 2.75) is 13.0 Å². The Morgan fingerprint density at radius 1 is 1.40 bits per heavy atom. The van der Waals surface area contributed by atoms with E-state index in [1.165, 1.54) is 10.9 Å². The maximum Gasteiger partial charge on any atom is 0.427 e. The summed E-state index contributed by atoms with van der Waals surface area (Å²) >= 11 is 0. The Balaban J connectivity index is 2.35. The number of hydrogen-bond acceptors (Lipinski definition) is 3. The molecule has 0 spiro atoms. The van der Waals surface area contributed by atoms with E-state index < -0.39 is 11.7 Å². The van der Waals surface area contributed by atoms with E-state index in [0.29, 0.717) is 0 Å². The van der Waals surface area contributed by atoms with E-state index >= 15 is 0 Å². The second kappa shape index (κ2) is 3.70. The van der Waals surface area contributed by atoms with Gasteiger partial charge in [-0.1, -0.05) is 0 Å². The number of aliphatic hydroxyl groups excluding tert-OH is 1. The van der Waals surface area contributed by atoms with Crippen molar-refractivity contribution in [3.8, 4) is 5.69 Å². The highest BCUT2D eigenvalue weighted by Gasteiger charge is 2.10. The van der Waals surface area contributed by atoms with Gasteiger partial charge in [-0.3, -0.25) is 4.52 Å². The average molecular weight is 207 g/mol. The highest BCUT2D eigenvalue weighted by atomic mass is 16.5. The quantitative estimate of drug-likeness (QED) is 0.696. The molecule has 1 aromatic carbocycles. The first-order valence-electron chi connectivity index (χ1n) is 4.55. The lowest BCUT2D eigenvalue weighted by Crippen LogP contribution is -2.32. The Morgan fingerprint density at radius 3 is 2.53 bits per heavy atom. The molecule has 0 radical (unpaired) electrons. The number of nitrogens with zero attached hydrogens (tertiary/aromatic N) is 1. The molecule has 5 heteroatoms. The molecule has 2 N–H and O–H groups in total. The number of aromatic nitrogens is 2. The fourth-order valence-electron chi connectivity index (χ4n) is 1.29. The summed E-state index contributed by atoms with van der Waals surface area (Å²) in [6.07, 6.45) is 0.810. The lowest BCUT2D eigenvalue weighted by molar-refractivity contribution is -0.670. The highest BCUT2D eigenvalue weighted by molar-refractivity contribution is 5.27. The van der Waals surface area contributed by atoms with Crippen molar-refractivity contribution in [3.05, 3.63) is 46.4 Å². The van der Waals surface area contributed by atoms with E-state index in [4.69, 9.17) is 0 Å². The molecular weight excluding hydrogens is 196 g/mol. The van der Waals surface area contributed by atoms with Gasteiger partial charge in [0, 0.05) is 12.1 Å². The average Bonchev–Trinajstić information content (AvgIpc) is 2.65. The Hall–Kier alpha value is -1.88. The van der Waals surface area contributed by atoms with Crippen molar-refractivity contribution in [1.82, 2.24) is 5.27 Å². The van der Waals surface area contributed by atoms with E-state index in [2.05, 4.69) is 9.79 Å². The van der Waals surface area contributed by atoms with Gasteiger partial charge in [-0.25, -0.2) is 4.79 Å². The fourth-order valence-corrected chi connectivity index (χ4v) is 1.29. The molecular formula is C10H11N2O3+. The minimum atomic E-state index is -0.493. The molecule has 0 amide bonds. The molecule has 5 nitrogen and oxygen atoms in total. The van der Waals surface area contributed by atoms with Crippen LogP contribution in [0.3, 0.4) is 0 Å². The third-order valence-electron chi connectivity index (χ3n) is 2.13. The molecule has 0 saturated carbocycles. The van der Waals surface area contributed by atoms with Crippen molar-refractivity contribution < 1.29 is 14.3 Å². The Morgan fingerprint density at radius 2 is 2.07 bits per heavy atom. The fraction of sp³-hybridized carbons (Fsp3) is 0.200. The van der Waals surface area contributed by atoms with Crippen LogP contribution in [0.2, 0.25) is 0 Å². The number of rotatable bonds is 2. The molecule has 0 bridgehead atoms. The van der Waals surface area contributed by atoms with Crippen LogP contribution in [0.4, 0.5) is 0 Å². The lowest BCUT2D eigenvalue weighted by atomic mass is 10.1. The van der Waals surface area contributed by atoms with Gasteiger partial charge in [0.05, 0.1) is 6.10 Å². The monoisotopic (exact) mass is 207 g/mol. The molecule has 1 aromatic heterocycles. The van der Waals surface area contributed by atoms with E-state index in [-0.39, 0.29) is 0 Å². The summed E-state index contributed by atoms with van der Waals surface area (Å²) in [5.74, 6) is 0. The highest BCUT2D eigenvalue weighted by Crippen LogP contribution is 2.11. The molecule has 1 atom stereocenters. The molecule has 0 fully saturated rings. The molecule has 0 aliphatic carbocycles.